The lowest BCUT2D eigenvalue weighted by atomic mass is 9.98. The summed E-state index contributed by atoms with van der Waals surface area (Å²) in [6, 6.07) is 5.17. The van der Waals surface area contributed by atoms with Gasteiger partial charge in [0.25, 0.3) is 0 Å². The van der Waals surface area contributed by atoms with Crippen molar-refractivity contribution in [3.63, 3.8) is 0 Å². The second-order valence-corrected chi connectivity index (χ2v) is 5.57. The summed E-state index contributed by atoms with van der Waals surface area (Å²) in [4.78, 5) is 0. The molecule has 0 amide bonds. The maximum absolute atomic E-state index is 13.4. The molecule has 0 fully saturated rings. The fourth-order valence-corrected chi connectivity index (χ4v) is 2.05. The molecule has 0 saturated heterocycles. The monoisotopic (exact) mass is 302 g/mol. The second kappa shape index (κ2) is 7.09. The highest BCUT2D eigenvalue weighted by Gasteiger charge is 2.11. The van der Waals surface area contributed by atoms with Gasteiger partial charge in [-0.2, -0.15) is 0 Å². The summed E-state index contributed by atoms with van der Waals surface area (Å²) in [6.07, 6.45) is 3.18. The van der Waals surface area contributed by atoms with Gasteiger partial charge >= 0.3 is 0 Å². The lowest BCUT2D eigenvalue weighted by Gasteiger charge is -2.17. The zero-order valence-electron chi connectivity index (χ0n) is 10.3. The summed E-state index contributed by atoms with van der Waals surface area (Å²) in [5, 5.41) is 0. The Kier molecular flexibility index (Phi) is 6.09. The predicted octanol–water partition coefficient (Wildman–Crippen LogP) is 3.92. The molecule has 17 heavy (non-hydrogen) atoms. The minimum atomic E-state index is -0.244. The van der Waals surface area contributed by atoms with Crippen LogP contribution in [0.2, 0.25) is 0 Å². The Hall–Kier alpha value is -0.450. The summed E-state index contributed by atoms with van der Waals surface area (Å²) in [7, 11) is 0. The standard InChI is InChI=1S/C13H20BrFN2/c1-9(2)4-3-5-13(17-16)10-6-7-11(14)12(15)8-10/h6-9,13,17H,3-5,16H2,1-2H3. The normalized spacial score (nSPS) is 13.1. The predicted molar refractivity (Wildman–Crippen MR) is 72.9 cm³/mol. The van der Waals surface area contributed by atoms with Gasteiger partial charge in [0.1, 0.15) is 5.82 Å². The molecule has 0 aromatic heterocycles. The molecule has 0 aliphatic rings. The van der Waals surface area contributed by atoms with E-state index in [4.69, 9.17) is 5.84 Å². The van der Waals surface area contributed by atoms with Crippen molar-refractivity contribution >= 4 is 15.9 Å². The van der Waals surface area contributed by atoms with E-state index in [0.717, 1.165) is 24.8 Å². The molecule has 96 valence electrons. The van der Waals surface area contributed by atoms with Crippen LogP contribution in [0.4, 0.5) is 4.39 Å². The molecule has 0 aliphatic carbocycles. The largest absolute Gasteiger partial charge is 0.271 e. The van der Waals surface area contributed by atoms with Gasteiger partial charge in [0.2, 0.25) is 0 Å². The lowest BCUT2D eigenvalue weighted by Crippen LogP contribution is -2.28. The number of nitrogens with two attached hydrogens (primary N) is 1. The summed E-state index contributed by atoms with van der Waals surface area (Å²) in [5.74, 6) is 5.97. The molecule has 2 nitrogen and oxygen atoms in total. The summed E-state index contributed by atoms with van der Waals surface area (Å²) in [6.45, 7) is 4.40. The highest BCUT2D eigenvalue weighted by Crippen LogP contribution is 2.24. The van der Waals surface area contributed by atoms with Crippen LogP contribution in [0.3, 0.4) is 0 Å². The maximum Gasteiger partial charge on any atom is 0.137 e. The zero-order chi connectivity index (χ0) is 12.8. The molecule has 1 unspecified atom stereocenters. The van der Waals surface area contributed by atoms with E-state index in [9.17, 15) is 4.39 Å². The molecule has 1 aromatic carbocycles. The first-order valence-electron chi connectivity index (χ1n) is 5.95. The lowest BCUT2D eigenvalue weighted by molar-refractivity contribution is 0.453. The fraction of sp³-hybridized carbons (Fsp3) is 0.538. The maximum atomic E-state index is 13.4. The Morgan fingerprint density at radius 3 is 2.59 bits per heavy atom. The van der Waals surface area contributed by atoms with Crippen molar-refractivity contribution in [3.8, 4) is 0 Å². The Morgan fingerprint density at radius 1 is 1.35 bits per heavy atom. The molecular formula is C13H20BrFN2. The van der Waals surface area contributed by atoms with Crippen LogP contribution >= 0.6 is 15.9 Å². The van der Waals surface area contributed by atoms with Crippen LogP contribution in [0.5, 0.6) is 0 Å². The molecule has 0 spiro atoms. The van der Waals surface area contributed by atoms with Gasteiger partial charge in [-0.25, -0.2) is 4.39 Å². The molecule has 0 bridgehead atoms. The number of rotatable bonds is 6. The van der Waals surface area contributed by atoms with Crippen molar-refractivity contribution in [2.45, 2.75) is 39.2 Å². The molecule has 0 heterocycles. The molecule has 3 N–H and O–H groups in total. The number of halogens is 2. The van der Waals surface area contributed by atoms with E-state index in [-0.39, 0.29) is 11.9 Å². The molecule has 4 heteroatoms. The Bertz CT molecular complexity index is 355. The molecular weight excluding hydrogens is 283 g/mol. The van der Waals surface area contributed by atoms with Gasteiger partial charge in [-0.3, -0.25) is 11.3 Å². The van der Waals surface area contributed by atoms with Gasteiger partial charge in [-0.05, 0) is 46.0 Å². The van der Waals surface area contributed by atoms with Crippen LogP contribution in [0.1, 0.15) is 44.7 Å². The van der Waals surface area contributed by atoms with Crippen molar-refractivity contribution in [1.82, 2.24) is 5.43 Å². The van der Waals surface area contributed by atoms with Gasteiger partial charge in [0, 0.05) is 6.04 Å². The molecule has 1 atom stereocenters. The van der Waals surface area contributed by atoms with Crippen molar-refractivity contribution in [3.05, 3.63) is 34.1 Å². The summed E-state index contributed by atoms with van der Waals surface area (Å²) in [5.41, 5.74) is 3.66. The highest BCUT2D eigenvalue weighted by atomic mass is 79.9. The van der Waals surface area contributed by atoms with Gasteiger partial charge in [0.15, 0.2) is 0 Å². The quantitative estimate of drug-likeness (QED) is 0.617. The fourth-order valence-electron chi connectivity index (χ4n) is 1.81. The smallest absolute Gasteiger partial charge is 0.137 e. The van der Waals surface area contributed by atoms with Crippen LogP contribution < -0.4 is 11.3 Å². The average molecular weight is 303 g/mol. The molecule has 0 saturated carbocycles. The average Bonchev–Trinajstić information content (AvgIpc) is 2.28. The van der Waals surface area contributed by atoms with Crippen LogP contribution in [0, 0.1) is 11.7 Å². The van der Waals surface area contributed by atoms with E-state index in [1.54, 1.807) is 6.07 Å². The molecule has 0 radical (unpaired) electrons. The van der Waals surface area contributed by atoms with E-state index in [0.29, 0.717) is 10.4 Å². The SMILES string of the molecule is CC(C)CCCC(NN)c1ccc(Br)c(F)c1. The third-order valence-corrected chi connectivity index (χ3v) is 3.46. The number of hydrogen-bond donors (Lipinski definition) is 2. The van der Waals surface area contributed by atoms with E-state index < -0.39 is 0 Å². The molecule has 1 rings (SSSR count). The topological polar surface area (TPSA) is 38.0 Å². The van der Waals surface area contributed by atoms with E-state index in [1.165, 1.54) is 6.07 Å². The number of benzene rings is 1. The number of nitrogens with one attached hydrogen (secondary N) is 1. The van der Waals surface area contributed by atoms with Crippen LogP contribution in [0.15, 0.2) is 22.7 Å². The van der Waals surface area contributed by atoms with Gasteiger partial charge in [-0.15, -0.1) is 0 Å². The van der Waals surface area contributed by atoms with Crippen LogP contribution in [0.25, 0.3) is 0 Å². The second-order valence-electron chi connectivity index (χ2n) is 4.72. The number of hydrogen-bond acceptors (Lipinski definition) is 2. The van der Waals surface area contributed by atoms with Crippen molar-refractivity contribution in [2.24, 2.45) is 11.8 Å². The van der Waals surface area contributed by atoms with Gasteiger partial charge in [-0.1, -0.05) is 32.8 Å². The van der Waals surface area contributed by atoms with Gasteiger partial charge < -0.3 is 0 Å². The third kappa shape index (κ3) is 4.74. The first-order chi connectivity index (χ1) is 8.04. The van der Waals surface area contributed by atoms with E-state index in [2.05, 4.69) is 35.2 Å². The first kappa shape index (κ1) is 14.6. The first-order valence-corrected chi connectivity index (χ1v) is 6.75. The van der Waals surface area contributed by atoms with E-state index in [1.807, 2.05) is 6.07 Å². The van der Waals surface area contributed by atoms with Crippen molar-refractivity contribution < 1.29 is 4.39 Å². The summed E-state index contributed by atoms with van der Waals surface area (Å²) < 4.78 is 13.9. The van der Waals surface area contributed by atoms with Crippen molar-refractivity contribution in [2.75, 3.05) is 0 Å². The summed E-state index contributed by atoms with van der Waals surface area (Å²) >= 11 is 3.15. The molecule has 1 aromatic rings. The minimum Gasteiger partial charge on any atom is -0.271 e. The Balaban J connectivity index is 2.62. The molecule has 0 aliphatic heterocycles. The number of hydrazine groups is 1. The van der Waals surface area contributed by atoms with Crippen molar-refractivity contribution in [1.29, 1.82) is 0 Å². The van der Waals surface area contributed by atoms with Crippen LogP contribution in [-0.4, -0.2) is 0 Å². The van der Waals surface area contributed by atoms with E-state index >= 15 is 0 Å². The highest BCUT2D eigenvalue weighted by molar-refractivity contribution is 9.10. The Morgan fingerprint density at radius 2 is 2.06 bits per heavy atom. The van der Waals surface area contributed by atoms with Crippen LogP contribution in [-0.2, 0) is 0 Å². The third-order valence-electron chi connectivity index (χ3n) is 2.82. The minimum absolute atomic E-state index is 0.0244. The van der Waals surface area contributed by atoms with Gasteiger partial charge in [0.05, 0.1) is 4.47 Å². The zero-order valence-corrected chi connectivity index (χ0v) is 11.9. The Labute approximate surface area is 111 Å².